The molecule has 1 aliphatic rings. The number of hydrogen-bond donors (Lipinski definition) is 0. The van der Waals surface area contributed by atoms with Crippen LogP contribution in [0.25, 0.3) is 0 Å². The molecule has 22 heavy (non-hydrogen) atoms. The van der Waals surface area contributed by atoms with Crippen LogP contribution in [0.5, 0.6) is 0 Å². The summed E-state index contributed by atoms with van der Waals surface area (Å²) in [7, 11) is 0. The smallest absolute Gasteiger partial charge is 0.0946 e. The van der Waals surface area contributed by atoms with Crippen molar-refractivity contribution in [3.63, 3.8) is 0 Å². The zero-order chi connectivity index (χ0) is 15.3. The molecule has 1 saturated heterocycles. The van der Waals surface area contributed by atoms with Crippen LogP contribution in [0.15, 0.2) is 49.1 Å². The van der Waals surface area contributed by atoms with Crippen LogP contribution in [-0.4, -0.2) is 24.6 Å². The Kier molecular flexibility index (Phi) is 5.53. The van der Waals surface area contributed by atoms with Gasteiger partial charge < -0.3 is 4.57 Å². The summed E-state index contributed by atoms with van der Waals surface area (Å²) in [6, 6.07) is 10.9. The molecular formula is C18H24N2S2. The van der Waals surface area contributed by atoms with Gasteiger partial charge in [0.2, 0.25) is 0 Å². The first-order valence-electron chi connectivity index (χ1n) is 8.11. The van der Waals surface area contributed by atoms with E-state index in [0.717, 1.165) is 18.2 Å². The molecule has 1 aliphatic heterocycles. The van der Waals surface area contributed by atoms with Crippen molar-refractivity contribution in [2.75, 3.05) is 5.75 Å². The minimum atomic E-state index is 0.250. The highest BCUT2D eigenvalue weighted by Crippen LogP contribution is 2.52. The monoisotopic (exact) mass is 332 g/mol. The largest absolute Gasteiger partial charge is 0.335 e. The fourth-order valence-corrected chi connectivity index (χ4v) is 6.88. The number of benzene rings is 1. The van der Waals surface area contributed by atoms with Crippen molar-refractivity contribution in [3.8, 4) is 0 Å². The van der Waals surface area contributed by atoms with Crippen molar-refractivity contribution in [2.24, 2.45) is 0 Å². The maximum absolute atomic E-state index is 4.22. The van der Waals surface area contributed by atoms with E-state index in [1.165, 1.54) is 30.6 Å². The summed E-state index contributed by atoms with van der Waals surface area (Å²) in [4.78, 5) is 4.22. The van der Waals surface area contributed by atoms with Gasteiger partial charge in [-0.15, -0.1) is 23.5 Å². The molecule has 0 bridgehead atoms. The lowest BCUT2D eigenvalue weighted by atomic mass is 10.1. The Labute approximate surface area is 142 Å². The first kappa shape index (κ1) is 16.0. The third kappa shape index (κ3) is 4.11. The van der Waals surface area contributed by atoms with E-state index in [-0.39, 0.29) is 4.08 Å². The first-order chi connectivity index (χ1) is 10.8. The molecule has 2 heterocycles. The predicted molar refractivity (Wildman–Crippen MR) is 98.5 cm³/mol. The van der Waals surface area contributed by atoms with Crippen molar-refractivity contribution in [2.45, 2.75) is 48.5 Å². The number of thioether (sulfide) groups is 2. The Morgan fingerprint density at radius 1 is 1.32 bits per heavy atom. The molecule has 0 saturated carbocycles. The summed E-state index contributed by atoms with van der Waals surface area (Å²) in [5, 5.41) is 0.803. The summed E-state index contributed by atoms with van der Waals surface area (Å²) >= 11 is 4.36. The van der Waals surface area contributed by atoms with Gasteiger partial charge in [-0.2, -0.15) is 0 Å². The second-order valence-electron chi connectivity index (χ2n) is 6.00. The maximum Gasteiger partial charge on any atom is 0.0946 e. The average molecular weight is 333 g/mol. The lowest BCUT2D eigenvalue weighted by Crippen LogP contribution is -2.27. The topological polar surface area (TPSA) is 17.8 Å². The number of imidazole rings is 1. The van der Waals surface area contributed by atoms with Crippen molar-refractivity contribution in [3.05, 3.63) is 54.6 Å². The molecule has 2 nitrogen and oxygen atoms in total. The number of rotatable bonds is 7. The summed E-state index contributed by atoms with van der Waals surface area (Å²) in [5.74, 6) is 1.28. The van der Waals surface area contributed by atoms with E-state index in [0.29, 0.717) is 0 Å². The number of unbranched alkanes of at least 4 members (excludes halogenated alkanes) is 1. The van der Waals surface area contributed by atoms with E-state index in [1.54, 1.807) is 0 Å². The van der Waals surface area contributed by atoms with Gasteiger partial charge in [-0.05, 0) is 18.4 Å². The minimum absolute atomic E-state index is 0.250. The molecule has 1 fully saturated rings. The molecule has 2 aromatic rings. The van der Waals surface area contributed by atoms with Crippen LogP contribution in [-0.2, 0) is 13.0 Å². The summed E-state index contributed by atoms with van der Waals surface area (Å²) in [6.45, 7) is 3.33. The van der Waals surface area contributed by atoms with Crippen molar-refractivity contribution in [1.82, 2.24) is 9.55 Å². The molecule has 1 aromatic carbocycles. The predicted octanol–water partition coefficient (Wildman–Crippen LogP) is 4.86. The molecule has 3 rings (SSSR count). The number of nitrogens with zero attached hydrogens (tertiary/aromatic N) is 2. The van der Waals surface area contributed by atoms with Crippen LogP contribution >= 0.6 is 23.5 Å². The highest BCUT2D eigenvalue weighted by molar-refractivity contribution is 8.21. The van der Waals surface area contributed by atoms with E-state index in [2.05, 4.69) is 76.5 Å². The first-order valence-corrected chi connectivity index (χ1v) is 9.98. The van der Waals surface area contributed by atoms with Gasteiger partial charge >= 0.3 is 0 Å². The van der Waals surface area contributed by atoms with E-state index in [9.17, 15) is 0 Å². The molecule has 1 aromatic heterocycles. The van der Waals surface area contributed by atoms with Gasteiger partial charge in [0, 0.05) is 29.9 Å². The summed E-state index contributed by atoms with van der Waals surface area (Å²) < 4.78 is 2.49. The fraction of sp³-hybridized carbons (Fsp3) is 0.500. The molecule has 118 valence electrons. The molecule has 2 unspecified atom stereocenters. The third-order valence-corrected chi connectivity index (χ3v) is 7.75. The van der Waals surface area contributed by atoms with Gasteiger partial charge in [0.1, 0.15) is 0 Å². The SMILES string of the molecule is CCCCC1CSC(Cc2ccccc2)(Cn2ccnc2)S1. The molecule has 0 aliphatic carbocycles. The van der Waals surface area contributed by atoms with Crippen molar-refractivity contribution >= 4 is 23.5 Å². The van der Waals surface area contributed by atoms with Crippen molar-refractivity contribution in [1.29, 1.82) is 0 Å². The van der Waals surface area contributed by atoms with Gasteiger partial charge in [0.15, 0.2) is 0 Å². The second-order valence-corrected chi connectivity index (χ2v) is 9.35. The van der Waals surface area contributed by atoms with E-state index >= 15 is 0 Å². The molecule has 2 atom stereocenters. The van der Waals surface area contributed by atoms with E-state index in [4.69, 9.17) is 0 Å². The molecule has 4 heteroatoms. The zero-order valence-corrected chi connectivity index (χ0v) is 14.8. The second kappa shape index (κ2) is 7.60. The lowest BCUT2D eigenvalue weighted by Gasteiger charge is -2.28. The van der Waals surface area contributed by atoms with Gasteiger partial charge in [0.05, 0.1) is 10.4 Å². The van der Waals surface area contributed by atoms with E-state index < -0.39 is 0 Å². The normalized spacial score (nSPS) is 24.7. The van der Waals surface area contributed by atoms with E-state index in [1.807, 2.05) is 12.5 Å². The molecule has 0 spiro atoms. The zero-order valence-electron chi connectivity index (χ0n) is 13.1. The Balaban J connectivity index is 1.74. The number of hydrogen-bond acceptors (Lipinski definition) is 3. The van der Waals surface area contributed by atoms with Gasteiger partial charge in [-0.1, -0.05) is 50.1 Å². The standard InChI is InChI=1S/C18H24N2S2/c1-2-3-9-17-13-21-18(22-17,14-20-11-10-19-15-20)12-16-7-5-4-6-8-16/h4-8,10-11,15,17H,2-3,9,12-14H2,1H3. The quantitative estimate of drug-likeness (QED) is 0.721. The molecular weight excluding hydrogens is 308 g/mol. The Morgan fingerprint density at radius 2 is 2.18 bits per heavy atom. The molecule has 0 amide bonds. The number of aromatic nitrogens is 2. The Bertz CT molecular complexity index is 556. The average Bonchev–Trinajstić information content (AvgIpc) is 3.17. The van der Waals surface area contributed by atoms with Gasteiger partial charge in [0.25, 0.3) is 0 Å². The minimum Gasteiger partial charge on any atom is -0.335 e. The molecule has 0 radical (unpaired) electrons. The summed E-state index contributed by atoms with van der Waals surface area (Å²) in [6.07, 6.45) is 11.1. The van der Waals surface area contributed by atoms with Crippen LogP contribution in [0.3, 0.4) is 0 Å². The van der Waals surface area contributed by atoms with Gasteiger partial charge in [-0.3, -0.25) is 0 Å². The van der Waals surface area contributed by atoms with Crippen LogP contribution in [0.1, 0.15) is 31.7 Å². The van der Waals surface area contributed by atoms with Crippen LogP contribution < -0.4 is 0 Å². The lowest BCUT2D eigenvalue weighted by molar-refractivity contribution is 0.624. The fourth-order valence-electron chi connectivity index (χ4n) is 2.99. The van der Waals surface area contributed by atoms with Crippen molar-refractivity contribution < 1.29 is 0 Å². The van der Waals surface area contributed by atoms with Crippen LogP contribution in [0.2, 0.25) is 0 Å². The third-order valence-electron chi connectivity index (χ3n) is 4.09. The maximum atomic E-state index is 4.22. The Morgan fingerprint density at radius 3 is 2.91 bits per heavy atom. The molecule has 0 N–H and O–H groups in total. The van der Waals surface area contributed by atoms with Crippen LogP contribution in [0.4, 0.5) is 0 Å². The van der Waals surface area contributed by atoms with Crippen LogP contribution in [0, 0.1) is 0 Å². The highest BCUT2D eigenvalue weighted by atomic mass is 32.2. The highest BCUT2D eigenvalue weighted by Gasteiger charge is 2.40. The summed E-state index contributed by atoms with van der Waals surface area (Å²) in [5.41, 5.74) is 1.44. The van der Waals surface area contributed by atoms with Gasteiger partial charge in [-0.25, -0.2) is 4.98 Å². The Hall–Kier alpha value is -0.870.